The van der Waals surface area contributed by atoms with Crippen molar-refractivity contribution in [3.63, 3.8) is 0 Å². The number of nitrogens with two attached hydrogens (primary N) is 1. The summed E-state index contributed by atoms with van der Waals surface area (Å²) < 4.78 is 37.6. The Morgan fingerprint density at radius 3 is 2.42 bits per heavy atom. The minimum Gasteiger partial charge on any atom is -0.475 e. The maximum absolute atomic E-state index is 11.4. The molecular weight excluding hydrogens is 421 g/mol. The second-order valence-electron chi connectivity index (χ2n) is 4.45. The molecule has 0 aliphatic rings. The number of hydrogen-bond acceptors (Lipinski definition) is 4. The number of hydrogen-bond donors (Lipinski definition) is 3. The van der Waals surface area contributed by atoms with Crippen molar-refractivity contribution in [3.8, 4) is 5.75 Å². The van der Waals surface area contributed by atoms with E-state index < -0.39 is 24.2 Å². The van der Waals surface area contributed by atoms with E-state index in [9.17, 15) is 18.0 Å². The fraction of sp³-hybridized carbons (Fsp3) is 0.231. The lowest BCUT2D eigenvalue weighted by Crippen LogP contribution is -2.30. The van der Waals surface area contributed by atoms with Gasteiger partial charge in [-0.25, -0.2) is 9.59 Å². The van der Waals surface area contributed by atoms with Crippen LogP contribution in [0.2, 0.25) is 5.02 Å². The van der Waals surface area contributed by atoms with E-state index in [4.69, 9.17) is 32.0 Å². The summed E-state index contributed by atoms with van der Waals surface area (Å²) in [7, 11) is 0. The highest BCUT2D eigenvalue weighted by Crippen LogP contribution is 2.36. The second kappa shape index (κ2) is 7.86. The van der Waals surface area contributed by atoms with Gasteiger partial charge in [0, 0.05) is 10.7 Å². The van der Waals surface area contributed by atoms with Crippen LogP contribution in [0.4, 0.5) is 13.2 Å². The van der Waals surface area contributed by atoms with Crippen LogP contribution in [0.15, 0.2) is 22.8 Å². The van der Waals surface area contributed by atoms with Gasteiger partial charge in [0.05, 0.1) is 15.9 Å². The third-order valence-corrected chi connectivity index (χ3v) is 3.81. The first kappa shape index (κ1) is 20.3. The summed E-state index contributed by atoms with van der Waals surface area (Å²) in [5.74, 6) is -2.87. The van der Waals surface area contributed by atoms with Gasteiger partial charge in [0.15, 0.2) is 5.75 Å². The van der Waals surface area contributed by atoms with Crippen molar-refractivity contribution >= 4 is 50.4 Å². The number of benzene rings is 1. The third kappa shape index (κ3) is 5.11. The number of halogens is 5. The van der Waals surface area contributed by atoms with Crippen LogP contribution in [0.5, 0.6) is 5.75 Å². The molecule has 1 heterocycles. The minimum absolute atomic E-state index is 0.383. The molecule has 1 atom stereocenters. The highest BCUT2D eigenvalue weighted by atomic mass is 79.9. The molecule has 0 saturated carbocycles. The van der Waals surface area contributed by atoms with Gasteiger partial charge < -0.3 is 20.6 Å². The summed E-state index contributed by atoms with van der Waals surface area (Å²) in [5.41, 5.74) is 6.23. The van der Waals surface area contributed by atoms with E-state index in [1.54, 1.807) is 13.1 Å². The van der Waals surface area contributed by atoms with Crippen LogP contribution in [0.25, 0.3) is 10.9 Å². The summed E-state index contributed by atoms with van der Waals surface area (Å²) in [6, 6.07) is 2.98. The molecule has 0 radical (unpaired) electrons. The predicted molar refractivity (Wildman–Crippen MR) is 84.0 cm³/mol. The average Bonchev–Trinajstić information content (AvgIpc) is 2.86. The van der Waals surface area contributed by atoms with Crippen molar-refractivity contribution < 1.29 is 32.6 Å². The number of carboxylic acid groups (broad SMARTS) is 1. The lowest BCUT2D eigenvalue weighted by atomic mass is 10.2. The van der Waals surface area contributed by atoms with E-state index >= 15 is 0 Å². The van der Waals surface area contributed by atoms with E-state index in [0.29, 0.717) is 16.2 Å². The van der Waals surface area contributed by atoms with Gasteiger partial charge in [-0.05, 0) is 35.0 Å². The zero-order chi connectivity index (χ0) is 18.7. The molecule has 0 amide bonds. The quantitative estimate of drug-likeness (QED) is 0.632. The normalized spacial score (nSPS) is 12.3. The number of alkyl halides is 3. The molecule has 2 aromatic rings. The number of aromatic amines is 1. The standard InChI is InChI=1S/C11H10BrClN2O2.C2HF3O2/c1-5(14)11(16)17-8-4-15-7-3-2-6(12)10(13)9(7)8;3-2(4,5)1(6)7/h2-5,15H,14H2,1H3;(H,6,7)/t5-;/m0./s1. The number of carboxylic acids is 1. The van der Waals surface area contributed by atoms with E-state index in [1.807, 2.05) is 12.1 Å². The molecule has 0 spiro atoms. The van der Waals surface area contributed by atoms with Gasteiger partial charge in [-0.1, -0.05) is 11.6 Å². The molecule has 0 fully saturated rings. The molecule has 4 N–H and O–H groups in total. The first-order valence-corrected chi connectivity index (χ1v) is 7.34. The van der Waals surface area contributed by atoms with Crippen LogP contribution in [0.1, 0.15) is 6.92 Å². The SMILES string of the molecule is C[C@H](N)C(=O)Oc1c[nH]c2ccc(Br)c(Cl)c12.O=C(O)C(F)(F)F. The van der Waals surface area contributed by atoms with Gasteiger partial charge in [-0.3, -0.25) is 0 Å². The van der Waals surface area contributed by atoms with E-state index in [-0.39, 0.29) is 0 Å². The summed E-state index contributed by atoms with van der Waals surface area (Å²) >= 11 is 9.47. The Labute approximate surface area is 146 Å². The summed E-state index contributed by atoms with van der Waals surface area (Å²) in [6.07, 6.45) is -3.50. The first-order valence-electron chi connectivity index (χ1n) is 6.17. The smallest absolute Gasteiger partial charge is 0.475 e. The highest BCUT2D eigenvalue weighted by Gasteiger charge is 2.38. The summed E-state index contributed by atoms with van der Waals surface area (Å²) in [4.78, 5) is 23.3. The number of H-pyrrole nitrogens is 1. The summed E-state index contributed by atoms with van der Waals surface area (Å²) in [6.45, 7) is 1.56. The minimum atomic E-state index is -5.08. The second-order valence-corrected chi connectivity index (χ2v) is 5.68. The zero-order valence-corrected chi connectivity index (χ0v) is 14.3. The van der Waals surface area contributed by atoms with Crippen LogP contribution in [0.3, 0.4) is 0 Å². The Bertz CT molecular complexity index is 761. The fourth-order valence-electron chi connectivity index (χ4n) is 1.41. The molecule has 0 unspecified atom stereocenters. The number of carbonyl (C=O) groups is 2. The molecule has 132 valence electrons. The Hall–Kier alpha value is -1.78. The van der Waals surface area contributed by atoms with E-state index in [1.165, 1.54) is 0 Å². The van der Waals surface area contributed by atoms with Crippen molar-refractivity contribution in [3.05, 3.63) is 27.8 Å². The highest BCUT2D eigenvalue weighted by molar-refractivity contribution is 9.10. The average molecular weight is 432 g/mol. The van der Waals surface area contributed by atoms with Crippen LogP contribution in [0, 0.1) is 0 Å². The molecule has 1 aromatic heterocycles. The molecule has 0 bridgehead atoms. The number of esters is 1. The van der Waals surface area contributed by atoms with Crippen LogP contribution >= 0.6 is 27.5 Å². The van der Waals surface area contributed by atoms with Crippen molar-refractivity contribution in [2.45, 2.75) is 19.1 Å². The van der Waals surface area contributed by atoms with Crippen LogP contribution in [-0.4, -0.2) is 34.2 Å². The molecule has 0 aliphatic heterocycles. The monoisotopic (exact) mass is 430 g/mol. The Kier molecular flexibility index (Phi) is 6.64. The van der Waals surface area contributed by atoms with Crippen LogP contribution in [-0.2, 0) is 9.59 Å². The van der Waals surface area contributed by atoms with Crippen molar-refractivity contribution in [2.75, 3.05) is 0 Å². The summed E-state index contributed by atoms with van der Waals surface area (Å²) in [5, 5.41) is 8.28. The van der Waals surface area contributed by atoms with E-state index in [2.05, 4.69) is 20.9 Å². The largest absolute Gasteiger partial charge is 0.490 e. The molecule has 6 nitrogen and oxygen atoms in total. The number of aliphatic carboxylic acids is 1. The topological polar surface area (TPSA) is 105 Å². The lowest BCUT2D eigenvalue weighted by molar-refractivity contribution is -0.192. The molecular formula is C13H11BrClF3N2O4. The van der Waals surface area contributed by atoms with Gasteiger partial charge in [-0.15, -0.1) is 0 Å². The maximum Gasteiger partial charge on any atom is 0.490 e. The van der Waals surface area contributed by atoms with Gasteiger partial charge in [0.1, 0.15) is 6.04 Å². The molecule has 11 heteroatoms. The van der Waals surface area contributed by atoms with Crippen molar-refractivity contribution in [1.82, 2.24) is 4.98 Å². The van der Waals surface area contributed by atoms with Gasteiger partial charge in [-0.2, -0.15) is 13.2 Å². The molecule has 2 rings (SSSR count). The Morgan fingerprint density at radius 2 is 1.96 bits per heavy atom. The van der Waals surface area contributed by atoms with Crippen molar-refractivity contribution in [1.29, 1.82) is 0 Å². The fourth-order valence-corrected chi connectivity index (χ4v) is 2.00. The lowest BCUT2D eigenvalue weighted by Gasteiger charge is -2.06. The molecule has 1 aromatic carbocycles. The first-order chi connectivity index (χ1) is 10.9. The van der Waals surface area contributed by atoms with Crippen LogP contribution < -0.4 is 10.5 Å². The number of fused-ring (bicyclic) bond motifs is 1. The van der Waals surface area contributed by atoms with E-state index in [0.717, 1.165) is 9.99 Å². The van der Waals surface area contributed by atoms with Crippen molar-refractivity contribution in [2.24, 2.45) is 5.73 Å². The Morgan fingerprint density at radius 1 is 1.42 bits per heavy atom. The predicted octanol–water partition coefficient (Wildman–Crippen LogP) is 3.47. The molecule has 0 saturated heterocycles. The Balaban J connectivity index is 0.000000351. The third-order valence-electron chi connectivity index (χ3n) is 2.52. The van der Waals surface area contributed by atoms with Gasteiger partial charge >= 0.3 is 18.1 Å². The molecule has 24 heavy (non-hydrogen) atoms. The number of carbonyl (C=O) groups excluding carboxylic acids is 1. The zero-order valence-electron chi connectivity index (χ0n) is 11.9. The number of ether oxygens (including phenoxy) is 1. The van der Waals surface area contributed by atoms with Gasteiger partial charge in [0.25, 0.3) is 0 Å². The van der Waals surface area contributed by atoms with Gasteiger partial charge in [0.2, 0.25) is 0 Å². The number of nitrogens with one attached hydrogen (secondary N) is 1. The number of aromatic nitrogens is 1. The molecule has 0 aliphatic carbocycles. The number of rotatable bonds is 2. The maximum atomic E-state index is 11.4.